The molecule has 0 aromatic carbocycles. The summed E-state index contributed by atoms with van der Waals surface area (Å²) < 4.78 is 0. The minimum absolute atomic E-state index is 0.511. The van der Waals surface area contributed by atoms with Gasteiger partial charge in [0.2, 0.25) is 0 Å². The molecular weight excluding hydrogens is 172 g/mol. The minimum atomic E-state index is 0.511. The van der Waals surface area contributed by atoms with E-state index in [0.717, 1.165) is 5.92 Å². The number of nitrogens with one attached hydrogen (secondary N) is 1. The molecule has 84 valence electrons. The molecule has 0 amide bonds. The zero-order valence-electron chi connectivity index (χ0n) is 9.76. The van der Waals surface area contributed by atoms with Crippen molar-refractivity contribution in [3.05, 3.63) is 0 Å². The summed E-state index contributed by atoms with van der Waals surface area (Å²) in [4.78, 5) is 0. The van der Waals surface area contributed by atoms with Crippen LogP contribution in [-0.2, 0) is 0 Å². The molecule has 0 heterocycles. The second-order valence-electron chi connectivity index (χ2n) is 5.10. The zero-order valence-corrected chi connectivity index (χ0v) is 9.76. The zero-order chi connectivity index (χ0) is 10.4. The molecule has 0 radical (unpaired) electrons. The minimum Gasteiger partial charge on any atom is -0.271 e. The first kappa shape index (κ1) is 12.0. The molecule has 0 bridgehead atoms. The standard InChI is InChI=1S/C12H26N2/c1-10(2)12(14-13)9-8-11-6-4-3-5-7-11/h10-12,14H,3-9,13H2,1-2H3. The van der Waals surface area contributed by atoms with Gasteiger partial charge in [-0.05, 0) is 24.7 Å². The molecule has 1 aliphatic rings. The maximum atomic E-state index is 5.54. The van der Waals surface area contributed by atoms with Gasteiger partial charge in [0, 0.05) is 6.04 Å². The molecule has 2 nitrogen and oxygen atoms in total. The Balaban J connectivity index is 2.16. The van der Waals surface area contributed by atoms with Crippen LogP contribution in [0.3, 0.4) is 0 Å². The molecule has 14 heavy (non-hydrogen) atoms. The van der Waals surface area contributed by atoms with E-state index in [-0.39, 0.29) is 0 Å². The summed E-state index contributed by atoms with van der Waals surface area (Å²) >= 11 is 0. The van der Waals surface area contributed by atoms with Crippen LogP contribution in [0, 0.1) is 11.8 Å². The lowest BCUT2D eigenvalue weighted by atomic mass is 9.84. The Labute approximate surface area is 88.6 Å². The molecule has 0 aromatic heterocycles. The summed E-state index contributed by atoms with van der Waals surface area (Å²) in [6.45, 7) is 4.48. The summed E-state index contributed by atoms with van der Waals surface area (Å²) in [5.41, 5.74) is 2.94. The predicted octanol–water partition coefficient (Wildman–Crippen LogP) is 2.83. The van der Waals surface area contributed by atoms with E-state index in [4.69, 9.17) is 5.84 Å². The first-order valence-electron chi connectivity index (χ1n) is 6.20. The number of hydrogen-bond donors (Lipinski definition) is 2. The molecule has 0 aromatic rings. The van der Waals surface area contributed by atoms with Gasteiger partial charge < -0.3 is 0 Å². The van der Waals surface area contributed by atoms with Gasteiger partial charge in [0.25, 0.3) is 0 Å². The van der Waals surface area contributed by atoms with Crippen molar-refractivity contribution in [2.75, 3.05) is 0 Å². The molecule has 1 aliphatic carbocycles. The Morgan fingerprint density at radius 3 is 2.36 bits per heavy atom. The molecular formula is C12H26N2. The number of nitrogens with two attached hydrogens (primary N) is 1. The second kappa shape index (κ2) is 6.41. The highest BCUT2D eigenvalue weighted by Crippen LogP contribution is 2.28. The van der Waals surface area contributed by atoms with Gasteiger partial charge in [0.05, 0.1) is 0 Å². The first-order valence-corrected chi connectivity index (χ1v) is 6.20. The summed E-state index contributed by atoms with van der Waals surface area (Å²) in [5.74, 6) is 7.18. The second-order valence-corrected chi connectivity index (χ2v) is 5.10. The Hall–Kier alpha value is -0.0800. The van der Waals surface area contributed by atoms with E-state index in [2.05, 4.69) is 19.3 Å². The largest absolute Gasteiger partial charge is 0.271 e. The van der Waals surface area contributed by atoms with Gasteiger partial charge in [-0.25, -0.2) is 0 Å². The summed E-state index contributed by atoms with van der Waals surface area (Å²) in [5, 5.41) is 0. The van der Waals surface area contributed by atoms with Crippen LogP contribution in [0.25, 0.3) is 0 Å². The molecule has 2 heteroatoms. The highest BCUT2D eigenvalue weighted by molar-refractivity contribution is 4.72. The smallest absolute Gasteiger partial charge is 0.0233 e. The van der Waals surface area contributed by atoms with E-state index < -0.39 is 0 Å². The van der Waals surface area contributed by atoms with Gasteiger partial charge in [0.15, 0.2) is 0 Å². The van der Waals surface area contributed by atoms with Gasteiger partial charge in [0.1, 0.15) is 0 Å². The Morgan fingerprint density at radius 1 is 1.21 bits per heavy atom. The molecule has 1 saturated carbocycles. The van der Waals surface area contributed by atoms with Gasteiger partial charge in [-0.1, -0.05) is 46.0 Å². The van der Waals surface area contributed by atoms with Crippen molar-refractivity contribution in [3.63, 3.8) is 0 Å². The van der Waals surface area contributed by atoms with E-state index in [1.54, 1.807) is 0 Å². The van der Waals surface area contributed by atoms with Crippen LogP contribution >= 0.6 is 0 Å². The Morgan fingerprint density at radius 2 is 1.86 bits per heavy atom. The van der Waals surface area contributed by atoms with Crippen LogP contribution < -0.4 is 11.3 Å². The highest BCUT2D eigenvalue weighted by Gasteiger charge is 2.17. The maximum Gasteiger partial charge on any atom is 0.0233 e. The lowest BCUT2D eigenvalue weighted by Gasteiger charge is -2.25. The fourth-order valence-electron chi connectivity index (χ4n) is 2.50. The molecule has 0 spiro atoms. The van der Waals surface area contributed by atoms with E-state index in [1.807, 2.05) is 0 Å². The van der Waals surface area contributed by atoms with Crippen LogP contribution in [0.5, 0.6) is 0 Å². The highest BCUT2D eigenvalue weighted by atomic mass is 15.2. The van der Waals surface area contributed by atoms with Crippen LogP contribution in [0.1, 0.15) is 58.8 Å². The summed E-state index contributed by atoms with van der Waals surface area (Å²) in [6, 6.07) is 0.511. The fraction of sp³-hybridized carbons (Fsp3) is 1.00. The van der Waals surface area contributed by atoms with Crippen molar-refractivity contribution < 1.29 is 0 Å². The monoisotopic (exact) mass is 198 g/mol. The molecule has 3 N–H and O–H groups in total. The molecule has 1 fully saturated rings. The summed E-state index contributed by atoms with van der Waals surface area (Å²) in [6.07, 6.45) is 9.88. The normalized spacial score (nSPS) is 21.4. The molecule has 0 saturated heterocycles. The van der Waals surface area contributed by atoms with Crippen LogP contribution in [-0.4, -0.2) is 6.04 Å². The third-order valence-electron chi connectivity index (χ3n) is 3.63. The van der Waals surface area contributed by atoms with Gasteiger partial charge in [-0.2, -0.15) is 0 Å². The van der Waals surface area contributed by atoms with Crippen LogP contribution in [0.4, 0.5) is 0 Å². The maximum absolute atomic E-state index is 5.54. The van der Waals surface area contributed by atoms with E-state index in [1.165, 1.54) is 44.9 Å². The molecule has 1 unspecified atom stereocenters. The van der Waals surface area contributed by atoms with Crippen molar-refractivity contribution in [1.82, 2.24) is 5.43 Å². The van der Waals surface area contributed by atoms with Gasteiger partial charge in [-0.15, -0.1) is 0 Å². The Kier molecular flexibility index (Phi) is 5.49. The van der Waals surface area contributed by atoms with Crippen molar-refractivity contribution in [3.8, 4) is 0 Å². The van der Waals surface area contributed by atoms with Crippen molar-refractivity contribution in [1.29, 1.82) is 0 Å². The predicted molar refractivity (Wildman–Crippen MR) is 61.8 cm³/mol. The molecule has 1 atom stereocenters. The van der Waals surface area contributed by atoms with Gasteiger partial charge in [-0.3, -0.25) is 11.3 Å². The number of hydrazine groups is 1. The quantitative estimate of drug-likeness (QED) is 0.526. The van der Waals surface area contributed by atoms with E-state index in [0.29, 0.717) is 12.0 Å². The number of hydrogen-bond acceptors (Lipinski definition) is 2. The van der Waals surface area contributed by atoms with Crippen molar-refractivity contribution in [2.45, 2.75) is 64.8 Å². The SMILES string of the molecule is CC(C)C(CCC1CCCCC1)NN. The topological polar surface area (TPSA) is 38.0 Å². The first-order chi connectivity index (χ1) is 6.74. The van der Waals surface area contributed by atoms with Gasteiger partial charge >= 0.3 is 0 Å². The van der Waals surface area contributed by atoms with Crippen LogP contribution in [0.2, 0.25) is 0 Å². The van der Waals surface area contributed by atoms with Crippen molar-refractivity contribution in [2.24, 2.45) is 17.7 Å². The van der Waals surface area contributed by atoms with E-state index in [9.17, 15) is 0 Å². The third kappa shape index (κ3) is 3.97. The number of rotatable bonds is 5. The lowest BCUT2D eigenvalue weighted by Crippen LogP contribution is -2.39. The molecule has 0 aliphatic heterocycles. The average molecular weight is 198 g/mol. The summed E-state index contributed by atoms with van der Waals surface area (Å²) in [7, 11) is 0. The average Bonchev–Trinajstić information content (AvgIpc) is 2.20. The fourth-order valence-corrected chi connectivity index (χ4v) is 2.50. The van der Waals surface area contributed by atoms with Crippen molar-refractivity contribution >= 4 is 0 Å². The Bertz CT molecular complexity index is 139. The van der Waals surface area contributed by atoms with E-state index >= 15 is 0 Å². The lowest BCUT2D eigenvalue weighted by molar-refractivity contribution is 0.291. The van der Waals surface area contributed by atoms with Crippen LogP contribution in [0.15, 0.2) is 0 Å². The third-order valence-corrected chi connectivity index (χ3v) is 3.63. The molecule has 1 rings (SSSR count).